The van der Waals surface area contributed by atoms with Crippen molar-refractivity contribution in [1.82, 2.24) is 4.90 Å². The average molecular weight is 333 g/mol. The number of amides is 1. The van der Waals surface area contributed by atoms with E-state index >= 15 is 0 Å². The maximum Gasteiger partial charge on any atom is 0.305 e. The van der Waals surface area contributed by atoms with Crippen molar-refractivity contribution in [2.75, 3.05) is 19.3 Å². The van der Waals surface area contributed by atoms with Gasteiger partial charge in [0.05, 0.1) is 16.2 Å². The summed E-state index contributed by atoms with van der Waals surface area (Å²) < 4.78 is 22.9. The third kappa shape index (κ3) is 5.47. The lowest BCUT2D eigenvalue weighted by molar-refractivity contribution is -0.137. The molecule has 0 aromatic carbocycles. The molecule has 0 unspecified atom stereocenters. The summed E-state index contributed by atoms with van der Waals surface area (Å²) in [4.78, 5) is 24.9. The van der Waals surface area contributed by atoms with Crippen molar-refractivity contribution in [3.63, 3.8) is 0 Å². The Morgan fingerprint density at radius 1 is 1.38 bits per heavy atom. The zero-order valence-corrected chi connectivity index (χ0v) is 13.8. The van der Waals surface area contributed by atoms with Crippen molar-refractivity contribution in [2.45, 2.75) is 25.2 Å². The number of rotatable bonds is 7. The summed E-state index contributed by atoms with van der Waals surface area (Å²) in [6.07, 6.45) is 0.947. The van der Waals surface area contributed by atoms with Gasteiger partial charge in [-0.25, -0.2) is 8.42 Å². The van der Waals surface area contributed by atoms with Gasteiger partial charge in [-0.2, -0.15) is 0 Å². The van der Waals surface area contributed by atoms with E-state index in [-0.39, 0.29) is 29.7 Å². The Kier molecular flexibility index (Phi) is 5.91. The minimum atomic E-state index is -3.34. The summed E-state index contributed by atoms with van der Waals surface area (Å²) in [6.45, 7) is 4.39. The second kappa shape index (κ2) is 7.04. The number of hydrogen-bond donors (Lipinski definition) is 1. The van der Waals surface area contributed by atoms with Gasteiger partial charge in [0.15, 0.2) is 9.84 Å². The van der Waals surface area contributed by atoms with Crippen LogP contribution in [0.25, 0.3) is 0 Å². The number of thiophene rings is 1. The van der Waals surface area contributed by atoms with Gasteiger partial charge in [-0.05, 0) is 12.0 Å². The van der Waals surface area contributed by atoms with Crippen LogP contribution < -0.4 is 0 Å². The lowest BCUT2D eigenvalue weighted by Gasteiger charge is -2.23. The zero-order valence-electron chi connectivity index (χ0n) is 12.2. The van der Waals surface area contributed by atoms with Gasteiger partial charge in [-0.15, -0.1) is 11.3 Å². The number of carboxylic acids is 1. The quantitative estimate of drug-likeness (QED) is 0.820. The Hall–Kier alpha value is -1.41. The number of nitrogens with zero attached hydrogens (tertiary/aromatic N) is 1. The Morgan fingerprint density at radius 3 is 2.43 bits per heavy atom. The largest absolute Gasteiger partial charge is 0.481 e. The van der Waals surface area contributed by atoms with Crippen LogP contribution in [0.3, 0.4) is 0 Å². The topological polar surface area (TPSA) is 91.8 Å². The Bertz CT molecular complexity index is 618. The van der Waals surface area contributed by atoms with Gasteiger partial charge in [-0.1, -0.05) is 13.8 Å². The highest BCUT2D eigenvalue weighted by Crippen LogP contribution is 2.21. The maximum atomic E-state index is 12.4. The standard InChI is InChI=1S/C13H19NO5S2/c1-9(2)7-14(5-4-12(15)16)13(17)11-6-10(8-20-11)21(3,18)19/h6,8-9H,4-5,7H2,1-3H3,(H,15,16). The van der Waals surface area contributed by atoms with Crippen LogP contribution >= 0.6 is 11.3 Å². The van der Waals surface area contributed by atoms with Gasteiger partial charge in [0.25, 0.3) is 5.91 Å². The molecule has 0 radical (unpaired) electrons. The van der Waals surface area contributed by atoms with Crippen molar-refractivity contribution < 1.29 is 23.1 Å². The molecular weight excluding hydrogens is 314 g/mol. The van der Waals surface area contributed by atoms with Crippen LogP contribution in [0.1, 0.15) is 29.9 Å². The first-order valence-electron chi connectivity index (χ1n) is 6.41. The van der Waals surface area contributed by atoms with E-state index in [2.05, 4.69) is 0 Å². The molecule has 1 N–H and O–H groups in total. The van der Waals surface area contributed by atoms with Crippen LogP contribution in [0.4, 0.5) is 0 Å². The second-order valence-electron chi connectivity index (χ2n) is 5.21. The summed E-state index contributed by atoms with van der Waals surface area (Å²) in [7, 11) is -3.34. The Balaban J connectivity index is 2.93. The van der Waals surface area contributed by atoms with Gasteiger partial charge < -0.3 is 10.0 Å². The van der Waals surface area contributed by atoms with E-state index in [4.69, 9.17) is 5.11 Å². The van der Waals surface area contributed by atoms with Crippen LogP contribution in [0.15, 0.2) is 16.3 Å². The molecule has 1 aromatic rings. The van der Waals surface area contributed by atoms with Gasteiger partial charge in [-0.3, -0.25) is 9.59 Å². The maximum absolute atomic E-state index is 12.4. The fourth-order valence-electron chi connectivity index (χ4n) is 1.73. The smallest absolute Gasteiger partial charge is 0.305 e. The number of aliphatic carboxylic acids is 1. The third-order valence-corrected chi connectivity index (χ3v) is 4.84. The van der Waals surface area contributed by atoms with E-state index in [9.17, 15) is 18.0 Å². The molecule has 21 heavy (non-hydrogen) atoms. The van der Waals surface area contributed by atoms with Gasteiger partial charge in [0, 0.05) is 24.7 Å². The van der Waals surface area contributed by atoms with Crippen molar-refractivity contribution in [3.05, 3.63) is 16.3 Å². The third-order valence-electron chi connectivity index (χ3n) is 2.68. The fraction of sp³-hybridized carbons (Fsp3) is 0.538. The Morgan fingerprint density at radius 2 is 2.00 bits per heavy atom. The molecule has 0 aliphatic heterocycles. The lowest BCUT2D eigenvalue weighted by Crippen LogP contribution is -2.35. The van der Waals surface area contributed by atoms with Crippen molar-refractivity contribution in [3.8, 4) is 0 Å². The first kappa shape index (κ1) is 17.6. The van der Waals surface area contributed by atoms with E-state index in [1.165, 1.54) is 16.3 Å². The SMILES string of the molecule is CC(C)CN(CCC(=O)O)C(=O)c1cc(S(C)(=O)=O)cs1. The first-order chi connectivity index (χ1) is 9.61. The predicted octanol–water partition coefficient (Wildman–Crippen LogP) is 1.72. The summed E-state index contributed by atoms with van der Waals surface area (Å²) in [5.41, 5.74) is 0. The molecule has 0 fully saturated rings. The number of carbonyl (C=O) groups excluding carboxylic acids is 1. The van der Waals surface area contributed by atoms with Crippen LogP contribution in [0.2, 0.25) is 0 Å². The molecule has 0 bridgehead atoms. The molecule has 0 saturated heterocycles. The Labute approximate surface area is 128 Å². The molecule has 1 aromatic heterocycles. The van der Waals surface area contributed by atoms with Crippen molar-refractivity contribution >= 4 is 33.1 Å². The average Bonchev–Trinajstić information content (AvgIpc) is 2.82. The summed E-state index contributed by atoms with van der Waals surface area (Å²) in [5, 5.41) is 10.2. The minimum absolute atomic E-state index is 0.110. The molecular formula is C13H19NO5S2. The van der Waals surface area contributed by atoms with E-state index < -0.39 is 15.8 Å². The number of carbonyl (C=O) groups is 2. The molecule has 1 amide bonds. The molecule has 6 nitrogen and oxygen atoms in total. The molecule has 118 valence electrons. The van der Waals surface area contributed by atoms with Gasteiger partial charge in [0.1, 0.15) is 0 Å². The molecule has 0 aliphatic rings. The summed E-state index contributed by atoms with van der Waals surface area (Å²) >= 11 is 1.06. The molecule has 0 aliphatic carbocycles. The highest BCUT2D eigenvalue weighted by Gasteiger charge is 2.21. The van der Waals surface area contributed by atoms with Gasteiger partial charge in [0.2, 0.25) is 0 Å². The van der Waals surface area contributed by atoms with Crippen molar-refractivity contribution in [1.29, 1.82) is 0 Å². The molecule has 8 heteroatoms. The van der Waals surface area contributed by atoms with Gasteiger partial charge >= 0.3 is 5.97 Å². The van der Waals surface area contributed by atoms with Crippen LogP contribution in [0.5, 0.6) is 0 Å². The van der Waals surface area contributed by atoms with Crippen LogP contribution in [-0.2, 0) is 14.6 Å². The van der Waals surface area contributed by atoms with Crippen LogP contribution in [0, 0.1) is 5.92 Å². The molecule has 1 rings (SSSR count). The van der Waals surface area contributed by atoms with E-state index in [1.54, 1.807) is 0 Å². The van der Waals surface area contributed by atoms with E-state index in [1.807, 2.05) is 13.8 Å². The number of hydrogen-bond acceptors (Lipinski definition) is 5. The number of carboxylic acid groups (broad SMARTS) is 1. The normalized spacial score (nSPS) is 11.6. The van der Waals surface area contributed by atoms with E-state index in [0.29, 0.717) is 11.4 Å². The fourth-order valence-corrected chi connectivity index (χ4v) is 3.71. The molecule has 1 heterocycles. The van der Waals surface area contributed by atoms with E-state index in [0.717, 1.165) is 17.6 Å². The second-order valence-corrected chi connectivity index (χ2v) is 8.13. The summed E-state index contributed by atoms with van der Waals surface area (Å²) in [6, 6.07) is 1.34. The molecule has 0 saturated carbocycles. The lowest BCUT2D eigenvalue weighted by atomic mass is 10.2. The predicted molar refractivity (Wildman–Crippen MR) is 80.4 cm³/mol. The highest BCUT2D eigenvalue weighted by molar-refractivity contribution is 7.90. The first-order valence-corrected chi connectivity index (χ1v) is 9.18. The number of sulfone groups is 1. The summed E-state index contributed by atoms with van der Waals surface area (Å²) in [5.74, 6) is -1.11. The monoisotopic (exact) mass is 333 g/mol. The molecule has 0 spiro atoms. The van der Waals surface area contributed by atoms with Crippen molar-refractivity contribution in [2.24, 2.45) is 5.92 Å². The zero-order chi connectivity index (χ0) is 16.2. The highest BCUT2D eigenvalue weighted by atomic mass is 32.2. The van der Waals surface area contributed by atoms with Crippen LogP contribution in [-0.4, -0.2) is 49.6 Å². The minimum Gasteiger partial charge on any atom is -0.481 e. The molecule has 0 atom stereocenters.